The summed E-state index contributed by atoms with van der Waals surface area (Å²) >= 11 is 5.04. The van der Waals surface area contributed by atoms with E-state index in [0.29, 0.717) is 41.3 Å². The highest BCUT2D eigenvalue weighted by Gasteiger charge is 2.41. The van der Waals surface area contributed by atoms with E-state index in [4.69, 9.17) is 9.47 Å². The molecule has 1 aromatic carbocycles. The molecule has 1 aliphatic carbocycles. The predicted octanol–water partition coefficient (Wildman–Crippen LogP) is 4.50. The van der Waals surface area contributed by atoms with Gasteiger partial charge in [0.25, 0.3) is 5.56 Å². The number of thiophene rings is 1. The molecule has 0 spiro atoms. The van der Waals surface area contributed by atoms with Gasteiger partial charge < -0.3 is 14.8 Å². The van der Waals surface area contributed by atoms with Crippen LogP contribution in [0.15, 0.2) is 50.2 Å². The van der Waals surface area contributed by atoms with Crippen molar-refractivity contribution in [3.63, 3.8) is 0 Å². The number of rotatable bonds is 4. The molecule has 2 unspecified atom stereocenters. The van der Waals surface area contributed by atoms with Gasteiger partial charge in [0.15, 0.2) is 17.3 Å². The maximum Gasteiger partial charge on any atom is 0.270 e. The van der Waals surface area contributed by atoms with Gasteiger partial charge in [-0.1, -0.05) is 6.07 Å². The van der Waals surface area contributed by atoms with Crippen molar-refractivity contribution in [2.75, 3.05) is 19.5 Å². The van der Waals surface area contributed by atoms with Crippen molar-refractivity contribution in [3.8, 4) is 11.5 Å². The number of fused-ring (bicyclic) bond motifs is 1. The Morgan fingerprint density at radius 3 is 2.55 bits per heavy atom. The highest BCUT2D eigenvalue weighted by Crippen LogP contribution is 2.48. The van der Waals surface area contributed by atoms with Crippen LogP contribution >= 0.6 is 27.3 Å². The minimum absolute atomic E-state index is 0.00138. The summed E-state index contributed by atoms with van der Waals surface area (Å²) in [5.41, 5.74) is 2.91. The number of hydrogen-bond acceptors (Lipinski definition) is 6. The van der Waals surface area contributed by atoms with E-state index in [1.807, 2.05) is 30.3 Å². The number of benzene rings is 1. The topological polar surface area (TPSA) is 96.2 Å². The maximum atomic E-state index is 13.4. The summed E-state index contributed by atoms with van der Waals surface area (Å²) in [5, 5.41) is 8.91. The Bertz CT molecular complexity index is 1270. The number of ether oxygens (including phenoxy) is 2. The first-order valence-corrected chi connectivity index (χ1v) is 11.4. The molecule has 3 heterocycles. The number of hydrogen-bond donors (Lipinski definition) is 3. The average molecular weight is 502 g/mol. The average Bonchev–Trinajstić information content (AvgIpc) is 3.37. The lowest BCUT2D eigenvalue weighted by molar-refractivity contribution is -0.116. The Balaban J connectivity index is 1.58. The van der Waals surface area contributed by atoms with Crippen molar-refractivity contribution in [3.05, 3.63) is 71.7 Å². The fraction of sp³-hybridized carbons (Fsp3) is 0.273. The lowest BCUT2D eigenvalue weighted by Crippen LogP contribution is -2.31. The number of nitrogens with one attached hydrogen (secondary N) is 3. The standard InChI is InChI=1S/C22H20BrN3O4S/c1-29-14-4-3-10(9-15(14)30-2)11-7-12-18(13(27)8-11)19(16-5-6-17(23)31-16)20-21(24-12)25-26-22(20)28/h3-6,9,11,19H,7-8H2,1-2H3,(H3,24,25,26,28). The fourth-order valence-electron chi connectivity index (χ4n) is 4.53. The summed E-state index contributed by atoms with van der Waals surface area (Å²) in [6.07, 6.45) is 1.03. The first kappa shape index (κ1) is 20.1. The van der Waals surface area contributed by atoms with Crippen LogP contribution in [0, 0.1) is 0 Å². The number of carbonyl (C=O) groups excluding carboxylic acids is 1. The molecule has 160 valence electrons. The smallest absolute Gasteiger partial charge is 0.270 e. The number of carbonyl (C=O) groups is 1. The number of aromatic amines is 2. The molecule has 3 aromatic rings. The molecule has 3 N–H and O–H groups in total. The largest absolute Gasteiger partial charge is 0.493 e. The summed E-state index contributed by atoms with van der Waals surface area (Å²) in [6, 6.07) is 9.69. The number of H-pyrrole nitrogens is 2. The lowest BCUT2D eigenvalue weighted by Gasteiger charge is -2.34. The normalized spacial score (nSPS) is 20.2. The first-order valence-electron chi connectivity index (χ1n) is 9.81. The van der Waals surface area contributed by atoms with Crippen molar-refractivity contribution in [1.82, 2.24) is 10.2 Å². The van der Waals surface area contributed by atoms with Gasteiger partial charge in [0.2, 0.25) is 0 Å². The molecule has 2 aliphatic rings. The summed E-state index contributed by atoms with van der Waals surface area (Å²) in [5.74, 6) is 1.59. The van der Waals surface area contributed by atoms with E-state index in [9.17, 15) is 9.59 Å². The Labute approximate surface area is 190 Å². The Hall–Kier alpha value is -2.78. The van der Waals surface area contributed by atoms with Crippen molar-refractivity contribution < 1.29 is 14.3 Å². The number of anilines is 1. The Morgan fingerprint density at radius 2 is 1.84 bits per heavy atom. The molecule has 0 saturated carbocycles. The molecule has 2 aromatic heterocycles. The van der Waals surface area contributed by atoms with Crippen LogP contribution in [-0.4, -0.2) is 30.2 Å². The van der Waals surface area contributed by atoms with Gasteiger partial charge in [-0.2, -0.15) is 0 Å². The third-order valence-electron chi connectivity index (χ3n) is 5.93. The molecule has 0 amide bonds. The van der Waals surface area contributed by atoms with Crippen molar-refractivity contribution >= 4 is 38.9 Å². The van der Waals surface area contributed by atoms with Gasteiger partial charge in [0.1, 0.15) is 5.82 Å². The number of allylic oxidation sites excluding steroid dienone is 2. The van der Waals surface area contributed by atoms with Gasteiger partial charge in [-0.25, -0.2) is 0 Å². The van der Waals surface area contributed by atoms with E-state index in [2.05, 4.69) is 31.4 Å². The monoisotopic (exact) mass is 501 g/mol. The third-order valence-corrected chi connectivity index (χ3v) is 7.62. The molecule has 0 radical (unpaired) electrons. The van der Waals surface area contributed by atoms with E-state index in [1.54, 1.807) is 14.2 Å². The van der Waals surface area contributed by atoms with Crippen LogP contribution in [0.5, 0.6) is 11.5 Å². The Morgan fingerprint density at radius 1 is 1.03 bits per heavy atom. The summed E-state index contributed by atoms with van der Waals surface area (Å²) in [7, 11) is 3.20. The van der Waals surface area contributed by atoms with E-state index >= 15 is 0 Å². The van der Waals surface area contributed by atoms with Crippen LogP contribution in [0.25, 0.3) is 0 Å². The first-order chi connectivity index (χ1) is 15.0. The molecule has 7 nitrogen and oxygen atoms in total. The fourth-order valence-corrected chi connectivity index (χ4v) is 6.08. The molecule has 5 rings (SSSR count). The highest BCUT2D eigenvalue weighted by molar-refractivity contribution is 9.11. The number of Topliss-reactive ketones (excluding diaryl/α,β-unsaturated/α-hetero) is 1. The van der Waals surface area contributed by atoms with Crippen LogP contribution in [0.4, 0.5) is 5.82 Å². The number of halogens is 1. The van der Waals surface area contributed by atoms with Crippen LogP contribution in [0.3, 0.4) is 0 Å². The van der Waals surface area contributed by atoms with Crippen molar-refractivity contribution in [1.29, 1.82) is 0 Å². The molecule has 0 saturated heterocycles. The third kappa shape index (κ3) is 3.32. The van der Waals surface area contributed by atoms with Gasteiger partial charge in [-0.3, -0.25) is 19.8 Å². The SMILES string of the molecule is COc1ccc(C2CC(=O)C3=C(C2)Nc2[nH][nH]c(=O)c2C3c2ccc(Br)s2)cc1OC. The summed E-state index contributed by atoms with van der Waals surface area (Å²) in [6.45, 7) is 0. The molecule has 0 fully saturated rings. The van der Waals surface area contributed by atoms with Crippen LogP contribution in [0.2, 0.25) is 0 Å². The molecular weight excluding hydrogens is 482 g/mol. The van der Waals surface area contributed by atoms with Crippen molar-refractivity contribution in [2.24, 2.45) is 0 Å². The second-order valence-electron chi connectivity index (χ2n) is 7.60. The quantitative estimate of drug-likeness (QED) is 0.488. The van der Waals surface area contributed by atoms with Crippen LogP contribution < -0.4 is 20.3 Å². The molecule has 31 heavy (non-hydrogen) atoms. The molecular formula is C22H20BrN3O4S. The van der Waals surface area contributed by atoms with Gasteiger partial charge >= 0.3 is 0 Å². The zero-order valence-corrected chi connectivity index (χ0v) is 19.3. The van der Waals surface area contributed by atoms with Gasteiger partial charge in [0.05, 0.1) is 29.5 Å². The maximum absolute atomic E-state index is 13.4. The minimum atomic E-state index is -0.378. The molecule has 1 aliphatic heterocycles. The van der Waals surface area contributed by atoms with Crippen LogP contribution in [-0.2, 0) is 4.79 Å². The van der Waals surface area contributed by atoms with Gasteiger partial charge in [0, 0.05) is 22.6 Å². The van der Waals surface area contributed by atoms with Gasteiger partial charge in [-0.05, 0) is 58.1 Å². The van der Waals surface area contributed by atoms with Gasteiger partial charge in [-0.15, -0.1) is 11.3 Å². The number of ketones is 1. The van der Waals surface area contributed by atoms with E-state index < -0.39 is 0 Å². The highest BCUT2D eigenvalue weighted by atomic mass is 79.9. The van der Waals surface area contributed by atoms with E-state index in [-0.39, 0.29) is 23.2 Å². The number of aromatic nitrogens is 2. The van der Waals surface area contributed by atoms with E-state index in [0.717, 1.165) is 19.9 Å². The van der Waals surface area contributed by atoms with Crippen molar-refractivity contribution in [2.45, 2.75) is 24.7 Å². The molecule has 2 atom stereocenters. The summed E-state index contributed by atoms with van der Waals surface area (Å²) in [4.78, 5) is 27.0. The minimum Gasteiger partial charge on any atom is -0.493 e. The predicted molar refractivity (Wildman–Crippen MR) is 122 cm³/mol. The molecule has 9 heteroatoms. The second kappa shape index (κ2) is 7.72. The lowest BCUT2D eigenvalue weighted by atomic mass is 9.74. The molecule has 0 bridgehead atoms. The summed E-state index contributed by atoms with van der Waals surface area (Å²) < 4.78 is 11.7. The zero-order valence-electron chi connectivity index (χ0n) is 16.9. The van der Waals surface area contributed by atoms with E-state index in [1.165, 1.54) is 11.3 Å². The Kier molecular flexibility index (Phi) is 5.02. The second-order valence-corrected chi connectivity index (χ2v) is 10.1. The number of methoxy groups -OCH3 is 2. The van der Waals surface area contributed by atoms with Crippen LogP contribution in [0.1, 0.15) is 40.7 Å². The zero-order chi connectivity index (χ0) is 21.7.